The summed E-state index contributed by atoms with van der Waals surface area (Å²) < 4.78 is 5.07. The third kappa shape index (κ3) is 4.73. The Hall–Kier alpha value is -1.64. The summed E-state index contributed by atoms with van der Waals surface area (Å²) in [5.74, 6) is 9.66. The zero-order valence-corrected chi connectivity index (χ0v) is 11.2. The molecule has 0 aliphatic heterocycles. The van der Waals surface area contributed by atoms with Crippen LogP contribution in [0.25, 0.3) is 0 Å². The number of hydrogen-bond acceptors (Lipinski definition) is 1. The summed E-state index contributed by atoms with van der Waals surface area (Å²) in [4.78, 5) is 0. The smallest absolute Gasteiger partial charge is 0.130 e. The Kier molecular flexibility index (Phi) is 4.23. The van der Waals surface area contributed by atoms with Crippen LogP contribution in [0.3, 0.4) is 0 Å². The SMILES string of the molecule is COc1ccc(C#CC#C[Si](C)(C)C)cc1. The molecule has 1 aromatic rings. The quantitative estimate of drug-likeness (QED) is 0.530. The van der Waals surface area contributed by atoms with E-state index in [0.29, 0.717) is 0 Å². The molecule has 0 radical (unpaired) electrons. The van der Waals surface area contributed by atoms with Gasteiger partial charge in [-0.05, 0) is 36.1 Å². The van der Waals surface area contributed by atoms with Crippen molar-refractivity contribution in [1.29, 1.82) is 0 Å². The summed E-state index contributed by atoms with van der Waals surface area (Å²) in [6, 6.07) is 7.66. The topological polar surface area (TPSA) is 9.23 Å². The maximum atomic E-state index is 5.07. The minimum absolute atomic E-state index is 0.846. The summed E-state index contributed by atoms with van der Waals surface area (Å²) in [7, 11) is 0.359. The van der Waals surface area contributed by atoms with Crippen molar-refractivity contribution in [1.82, 2.24) is 0 Å². The summed E-state index contributed by atoms with van der Waals surface area (Å²) in [5, 5.41) is 0. The lowest BCUT2D eigenvalue weighted by atomic mass is 10.2. The first kappa shape index (κ1) is 12.4. The van der Waals surface area contributed by atoms with Crippen molar-refractivity contribution in [2.45, 2.75) is 19.6 Å². The van der Waals surface area contributed by atoms with E-state index < -0.39 is 8.07 Å². The van der Waals surface area contributed by atoms with Crippen molar-refractivity contribution in [2.75, 3.05) is 7.11 Å². The molecule has 1 nitrogen and oxygen atoms in total. The zero-order valence-electron chi connectivity index (χ0n) is 10.2. The van der Waals surface area contributed by atoms with Gasteiger partial charge in [0.25, 0.3) is 0 Å². The molecule has 16 heavy (non-hydrogen) atoms. The van der Waals surface area contributed by atoms with E-state index in [9.17, 15) is 0 Å². The van der Waals surface area contributed by atoms with E-state index in [1.807, 2.05) is 24.3 Å². The fraction of sp³-hybridized carbons (Fsp3) is 0.286. The van der Waals surface area contributed by atoms with Crippen molar-refractivity contribution < 1.29 is 4.74 Å². The van der Waals surface area contributed by atoms with Gasteiger partial charge in [-0.25, -0.2) is 0 Å². The van der Waals surface area contributed by atoms with Crippen LogP contribution in [0.15, 0.2) is 24.3 Å². The number of methoxy groups -OCH3 is 1. The molecule has 0 saturated carbocycles. The van der Waals surface area contributed by atoms with Crippen molar-refractivity contribution >= 4 is 8.07 Å². The largest absolute Gasteiger partial charge is 0.497 e. The number of hydrogen-bond donors (Lipinski definition) is 0. The fourth-order valence-corrected chi connectivity index (χ4v) is 1.43. The van der Waals surface area contributed by atoms with Crippen LogP contribution in [-0.4, -0.2) is 15.2 Å². The highest BCUT2D eigenvalue weighted by Crippen LogP contribution is 2.09. The van der Waals surface area contributed by atoms with Gasteiger partial charge in [0.15, 0.2) is 0 Å². The summed E-state index contributed by atoms with van der Waals surface area (Å²) in [6.45, 7) is 6.61. The van der Waals surface area contributed by atoms with Crippen molar-refractivity contribution in [3.8, 4) is 29.1 Å². The molecule has 0 heterocycles. The monoisotopic (exact) mass is 228 g/mol. The van der Waals surface area contributed by atoms with Gasteiger partial charge in [0.05, 0.1) is 7.11 Å². The van der Waals surface area contributed by atoms with Crippen LogP contribution in [-0.2, 0) is 0 Å². The summed E-state index contributed by atoms with van der Waals surface area (Å²) >= 11 is 0. The molecule has 1 rings (SSSR count). The van der Waals surface area contributed by atoms with Gasteiger partial charge in [0.2, 0.25) is 0 Å². The maximum Gasteiger partial charge on any atom is 0.130 e. The zero-order chi connectivity index (χ0) is 12.0. The molecule has 0 amide bonds. The average Bonchev–Trinajstić information content (AvgIpc) is 2.24. The van der Waals surface area contributed by atoms with Gasteiger partial charge in [0.1, 0.15) is 13.8 Å². The minimum atomic E-state index is -1.29. The second-order valence-corrected chi connectivity index (χ2v) is 9.23. The van der Waals surface area contributed by atoms with E-state index in [1.54, 1.807) is 7.11 Å². The Morgan fingerprint density at radius 3 is 2.12 bits per heavy atom. The van der Waals surface area contributed by atoms with Gasteiger partial charge in [0, 0.05) is 5.56 Å². The molecule has 0 aliphatic carbocycles. The molecule has 0 unspecified atom stereocenters. The van der Waals surface area contributed by atoms with E-state index in [4.69, 9.17) is 4.74 Å². The van der Waals surface area contributed by atoms with Crippen molar-refractivity contribution in [2.24, 2.45) is 0 Å². The highest BCUT2D eigenvalue weighted by atomic mass is 28.3. The van der Waals surface area contributed by atoms with Gasteiger partial charge in [-0.15, -0.1) is 5.54 Å². The molecular formula is C14H16OSi. The second-order valence-electron chi connectivity index (χ2n) is 4.48. The molecule has 82 valence electrons. The predicted molar refractivity (Wildman–Crippen MR) is 71.0 cm³/mol. The van der Waals surface area contributed by atoms with Crippen molar-refractivity contribution in [3.63, 3.8) is 0 Å². The van der Waals surface area contributed by atoms with E-state index in [0.717, 1.165) is 11.3 Å². The van der Waals surface area contributed by atoms with Crippen LogP contribution in [0.1, 0.15) is 5.56 Å². The van der Waals surface area contributed by atoms with Crippen LogP contribution >= 0.6 is 0 Å². The number of rotatable bonds is 1. The predicted octanol–water partition coefficient (Wildman–Crippen LogP) is 2.93. The molecule has 0 bridgehead atoms. The molecule has 0 atom stereocenters. The minimum Gasteiger partial charge on any atom is -0.497 e. The first-order chi connectivity index (χ1) is 7.51. The van der Waals surface area contributed by atoms with Crippen LogP contribution < -0.4 is 4.74 Å². The van der Waals surface area contributed by atoms with Gasteiger partial charge >= 0.3 is 0 Å². The molecule has 0 aliphatic rings. The first-order valence-electron chi connectivity index (χ1n) is 5.18. The molecule has 0 fully saturated rings. The lowest BCUT2D eigenvalue weighted by molar-refractivity contribution is 0.415. The second kappa shape index (κ2) is 5.44. The molecule has 0 spiro atoms. The Morgan fingerprint density at radius 2 is 1.62 bits per heavy atom. The van der Waals surface area contributed by atoms with Gasteiger partial charge in [-0.1, -0.05) is 25.6 Å². The Morgan fingerprint density at radius 1 is 1.00 bits per heavy atom. The molecule has 1 aromatic carbocycles. The third-order valence-corrected chi connectivity index (χ3v) is 2.67. The van der Waals surface area contributed by atoms with Gasteiger partial charge < -0.3 is 4.74 Å². The molecule has 0 N–H and O–H groups in total. The van der Waals surface area contributed by atoms with Crippen LogP contribution in [0, 0.1) is 23.3 Å². The third-order valence-electron chi connectivity index (χ3n) is 1.80. The van der Waals surface area contributed by atoms with Crippen molar-refractivity contribution in [3.05, 3.63) is 29.8 Å². The van der Waals surface area contributed by atoms with E-state index in [2.05, 4.69) is 42.9 Å². The molecule has 2 heteroatoms. The van der Waals surface area contributed by atoms with Gasteiger partial charge in [-0.2, -0.15) is 0 Å². The molecule has 0 aromatic heterocycles. The lowest BCUT2D eigenvalue weighted by Crippen LogP contribution is -2.16. The van der Waals surface area contributed by atoms with Crippen LogP contribution in [0.4, 0.5) is 0 Å². The highest BCUT2D eigenvalue weighted by Gasteiger charge is 2.06. The van der Waals surface area contributed by atoms with Crippen LogP contribution in [0.5, 0.6) is 5.75 Å². The maximum absolute atomic E-state index is 5.07. The van der Waals surface area contributed by atoms with E-state index >= 15 is 0 Å². The standard InChI is InChI=1S/C14H16OSi/c1-15-14-10-8-13(9-11-14)7-5-6-12-16(2,3)4/h8-11H,1-4H3. The fourth-order valence-electron chi connectivity index (χ4n) is 0.997. The molecule has 0 saturated heterocycles. The lowest BCUT2D eigenvalue weighted by Gasteiger charge is -2.01. The van der Waals surface area contributed by atoms with Crippen LogP contribution in [0.2, 0.25) is 19.6 Å². The average molecular weight is 228 g/mol. The summed E-state index contributed by atoms with van der Waals surface area (Å²) in [5.41, 5.74) is 4.17. The number of ether oxygens (including phenoxy) is 1. The molecular weight excluding hydrogens is 212 g/mol. The Labute approximate surface area is 98.8 Å². The Bertz CT molecular complexity index is 458. The van der Waals surface area contributed by atoms with E-state index in [-0.39, 0.29) is 0 Å². The normalized spacial score (nSPS) is 9.50. The first-order valence-corrected chi connectivity index (χ1v) is 8.68. The number of benzene rings is 1. The summed E-state index contributed by atoms with van der Waals surface area (Å²) in [6.07, 6.45) is 0. The highest BCUT2D eigenvalue weighted by molar-refractivity contribution is 6.83. The van der Waals surface area contributed by atoms with Gasteiger partial charge in [-0.3, -0.25) is 0 Å². The van der Waals surface area contributed by atoms with E-state index in [1.165, 1.54) is 0 Å². The Balaban J connectivity index is 2.73.